The molecule has 19 heavy (non-hydrogen) atoms. The molecule has 0 bridgehead atoms. The molecule has 2 nitrogen and oxygen atoms in total. The normalized spacial score (nSPS) is 13.1. The maximum atomic E-state index is 13.3. The second kappa shape index (κ2) is 6.15. The Bertz CT molecular complexity index is 548. The summed E-state index contributed by atoms with van der Waals surface area (Å²) in [5, 5.41) is 4.06. The van der Waals surface area contributed by atoms with E-state index in [1.165, 1.54) is 12.1 Å². The Morgan fingerprint density at radius 1 is 1.26 bits per heavy atom. The van der Waals surface area contributed by atoms with Crippen molar-refractivity contribution in [2.45, 2.75) is 38.6 Å². The van der Waals surface area contributed by atoms with E-state index in [4.69, 9.17) is 0 Å². The number of unbranched alkanes of at least 4 members (excludes halogenated alkanes) is 1. The van der Waals surface area contributed by atoms with E-state index in [1.807, 2.05) is 13.2 Å². The van der Waals surface area contributed by atoms with Crippen LogP contribution in [0, 0.1) is 11.6 Å². The van der Waals surface area contributed by atoms with E-state index < -0.39 is 11.6 Å². The molecular weight excluding hydrogens is 246 g/mol. The Morgan fingerprint density at radius 2 is 2.00 bits per heavy atom. The molecule has 2 N–H and O–H groups in total. The lowest BCUT2D eigenvalue weighted by molar-refractivity contribution is 0.499. The minimum Gasteiger partial charge on any atom is -0.361 e. The zero-order valence-electron chi connectivity index (χ0n) is 11.4. The summed E-state index contributed by atoms with van der Waals surface area (Å²) in [4.78, 5) is 3.01. The average Bonchev–Trinajstić information content (AvgIpc) is 2.77. The van der Waals surface area contributed by atoms with Crippen molar-refractivity contribution in [3.05, 3.63) is 35.5 Å². The molecule has 0 radical (unpaired) electrons. The van der Waals surface area contributed by atoms with E-state index in [-0.39, 0.29) is 0 Å². The predicted octanol–water partition coefficient (Wildman–Crippen LogP) is 3.77. The second-order valence-corrected chi connectivity index (χ2v) is 4.96. The van der Waals surface area contributed by atoms with Crippen LogP contribution in [0.25, 0.3) is 10.9 Å². The van der Waals surface area contributed by atoms with E-state index in [1.54, 1.807) is 0 Å². The summed E-state index contributed by atoms with van der Waals surface area (Å²) in [6, 6.07) is 2.87. The number of halogens is 2. The van der Waals surface area contributed by atoms with Gasteiger partial charge in [0.2, 0.25) is 0 Å². The van der Waals surface area contributed by atoms with Crippen molar-refractivity contribution in [3.8, 4) is 0 Å². The fourth-order valence-corrected chi connectivity index (χ4v) is 2.41. The summed E-state index contributed by atoms with van der Waals surface area (Å²) in [7, 11) is 1.94. The number of nitrogens with one attached hydrogen (secondary N) is 2. The monoisotopic (exact) mass is 266 g/mol. The molecule has 1 aromatic carbocycles. The summed E-state index contributed by atoms with van der Waals surface area (Å²) in [5.74, 6) is -1.60. The molecule has 4 heteroatoms. The molecule has 104 valence electrons. The van der Waals surface area contributed by atoms with Gasteiger partial charge in [-0.15, -0.1) is 0 Å². The van der Waals surface area contributed by atoms with Crippen molar-refractivity contribution in [1.82, 2.24) is 10.3 Å². The average molecular weight is 266 g/mol. The maximum absolute atomic E-state index is 13.3. The van der Waals surface area contributed by atoms with Crippen LogP contribution in [-0.4, -0.2) is 18.1 Å². The first-order chi connectivity index (χ1) is 9.15. The van der Waals surface area contributed by atoms with Crippen LogP contribution in [0.4, 0.5) is 8.78 Å². The van der Waals surface area contributed by atoms with Crippen molar-refractivity contribution >= 4 is 10.9 Å². The lowest BCUT2D eigenvalue weighted by Gasteiger charge is -2.15. The van der Waals surface area contributed by atoms with Crippen LogP contribution in [-0.2, 0) is 6.42 Å². The zero-order valence-corrected chi connectivity index (χ0v) is 11.4. The Kier molecular flexibility index (Phi) is 4.53. The van der Waals surface area contributed by atoms with Crippen molar-refractivity contribution in [1.29, 1.82) is 0 Å². The number of hydrogen-bond acceptors (Lipinski definition) is 1. The molecule has 0 saturated carbocycles. The molecule has 1 unspecified atom stereocenters. The molecule has 1 aromatic heterocycles. The quantitative estimate of drug-likeness (QED) is 0.818. The van der Waals surface area contributed by atoms with Crippen LogP contribution in [0.15, 0.2) is 18.3 Å². The highest BCUT2D eigenvalue weighted by Crippen LogP contribution is 2.23. The Balaban J connectivity index is 2.22. The first-order valence-corrected chi connectivity index (χ1v) is 6.78. The van der Waals surface area contributed by atoms with Crippen LogP contribution in [0.1, 0.15) is 31.7 Å². The first-order valence-electron chi connectivity index (χ1n) is 6.78. The molecule has 0 aliphatic heterocycles. The van der Waals surface area contributed by atoms with Crippen LogP contribution in [0.2, 0.25) is 0 Å². The van der Waals surface area contributed by atoms with Crippen LogP contribution >= 0.6 is 0 Å². The van der Waals surface area contributed by atoms with E-state index >= 15 is 0 Å². The fraction of sp³-hybridized carbons (Fsp3) is 0.467. The van der Waals surface area contributed by atoms with E-state index in [9.17, 15) is 8.78 Å². The number of aromatic amines is 1. The maximum Gasteiger partial charge on any atom is 0.160 e. The van der Waals surface area contributed by atoms with Gasteiger partial charge in [-0.3, -0.25) is 0 Å². The Morgan fingerprint density at radius 3 is 2.68 bits per heavy atom. The van der Waals surface area contributed by atoms with Gasteiger partial charge < -0.3 is 10.3 Å². The number of benzene rings is 1. The van der Waals surface area contributed by atoms with Crippen LogP contribution in [0.5, 0.6) is 0 Å². The standard InChI is InChI=1S/C15H20F2N2/c1-3-4-5-11(18-2)6-10-9-19-15-8-14(17)13(16)7-12(10)15/h7-9,11,18-19H,3-6H2,1-2H3. The van der Waals surface area contributed by atoms with Crippen LogP contribution < -0.4 is 5.32 Å². The van der Waals surface area contributed by atoms with E-state index in [0.29, 0.717) is 11.6 Å². The number of H-pyrrole nitrogens is 1. The summed E-state index contributed by atoms with van der Waals surface area (Å²) in [6.45, 7) is 2.16. The Labute approximate surface area is 112 Å². The van der Waals surface area contributed by atoms with Crippen molar-refractivity contribution in [3.63, 3.8) is 0 Å². The fourth-order valence-electron chi connectivity index (χ4n) is 2.41. The lowest BCUT2D eigenvalue weighted by atomic mass is 10.0. The third kappa shape index (κ3) is 3.13. The molecule has 0 fully saturated rings. The smallest absolute Gasteiger partial charge is 0.160 e. The molecule has 1 atom stereocenters. The molecule has 0 amide bonds. The van der Waals surface area contributed by atoms with Crippen LogP contribution in [0.3, 0.4) is 0 Å². The van der Waals surface area contributed by atoms with Gasteiger partial charge in [0, 0.05) is 29.2 Å². The zero-order chi connectivity index (χ0) is 13.8. The van der Waals surface area contributed by atoms with Gasteiger partial charge in [-0.2, -0.15) is 0 Å². The molecule has 0 aliphatic rings. The largest absolute Gasteiger partial charge is 0.361 e. The molecule has 2 aromatic rings. The highest BCUT2D eigenvalue weighted by molar-refractivity contribution is 5.83. The van der Waals surface area contributed by atoms with Crippen molar-refractivity contribution in [2.75, 3.05) is 7.05 Å². The molecule has 0 aliphatic carbocycles. The summed E-state index contributed by atoms with van der Waals surface area (Å²) in [5.41, 5.74) is 1.68. The number of rotatable bonds is 6. The molecule has 0 spiro atoms. The summed E-state index contributed by atoms with van der Waals surface area (Å²) < 4.78 is 26.5. The van der Waals surface area contributed by atoms with Crippen molar-refractivity contribution < 1.29 is 8.78 Å². The SMILES string of the molecule is CCCCC(Cc1c[nH]c2cc(F)c(F)cc12)NC. The van der Waals surface area contributed by atoms with Gasteiger partial charge in [0.25, 0.3) is 0 Å². The minimum atomic E-state index is -0.808. The third-order valence-corrected chi connectivity index (χ3v) is 3.59. The minimum absolute atomic E-state index is 0.368. The summed E-state index contributed by atoms with van der Waals surface area (Å²) >= 11 is 0. The number of fused-ring (bicyclic) bond motifs is 1. The van der Waals surface area contributed by atoms with Crippen molar-refractivity contribution in [2.24, 2.45) is 0 Å². The Hall–Kier alpha value is -1.42. The van der Waals surface area contributed by atoms with Gasteiger partial charge >= 0.3 is 0 Å². The van der Waals surface area contributed by atoms with E-state index in [2.05, 4.69) is 17.2 Å². The molecule has 1 heterocycles. The molecular formula is C15H20F2N2. The number of hydrogen-bond donors (Lipinski definition) is 2. The highest BCUT2D eigenvalue weighted by Gasteiger charge is 2.13. The van der Waals surface area contributed by atoms with Gasteiger partial charge in [-0.05, 0) is 31.5 Å². The second-order valence-electron chi connectivity index (χ2n) is 4.96. The third-order valence-electron chi connectivity index (χ3n) is 3.59. The van der Waals surface area contributed by atoms with Gasteiger partial charge in [0.05, 0.1) is 0 Å². The van der Waals surface area contributed by atoms with Gasteiger partial charge in [-0.1, -0.05) is 19.8 Å². The lowest BCUT2D eigenvalue weighted by Crippen LogP contribution is -2.27. The first kappa shape index (κ1) is 14.0. The van der Waals surface area contributed by atoms with Gasteiger partial charge in [0.15, 0.2) is 11.6 Å². The highest BCUT2D eigenvalue weighted by atomic mass is 19.2. The number of aromatic nitrogens is 1. The van der Waals surface area contributed by atoms with Gasteiger partial charge in [-0.25, -0.2) is 8.78 Å². The number of likely N-dealkylation sites (N-methyl/N-ethyl adjacent to an activating group) is 1. The molecule has 2 rings (SSSR count). The summed E-state index contributed by atoms with van der Waals surface area (Å²) in [6.07, 6.45) is 6.08. The van der Waals surface area contributed by atoms with E-state index in [0.717, 1.165) is 36.6 Å². The van der Waals surface area contributed by atoms with Gasteiger partial charge in [0.1, 0.15) is 0 Å². The molecule has 0 saturated heterocycles. The topological polar surface area (TPSA) is 27.8 Å². The predicted molar refractivity (Wildman–Crippen MR) is 74.3 cm³/mol.